The van der Waals surface area contributed by atoms with Crippen LogP contribution in [0.15, 0.2) is 21.2 Å². The molecule has 0 aliphatic heterocycles. The lowest BCUT2D eigenvalue weighted by atomic mass is 10.3. The van der Waals surface area contributed by atoms with Gasteiger partial charge in [0.15, 0.2) is 5.76 Å². The fourth-order valence-corrected chi connectivity index (χ4v) is 1.25. The van der Waals surface area contributed by atoms with Crippen LogP contribution >= 0.6 is 15.9 Å². The molecule has 4 nitrogen and oxygen atoms in total. The summed E-state index contributed by atoms with van der Waals surface area (Å²) in [4.78, 5) is 11.0. The Morgan fingerprint density at radius 1 is 1.85 bits per heavy atom. The summed E-state index contributed by atoms with van der Waals surface area (Å²) in [6.07, 6.45) is 0.0197. The second-order valence-corrected chi connectivity index (χ2v) is 3.14. The van der Waals surface area contributed by atoms with Crippen LogP contribution in [0.1, 0.15) is 18.8 Å². The number of aliphatic hydroxyl groups is 1. The first-order chi connectivity index (χ1) is 6.16. The monoisotopic (exact) mass is 248 g/mol. The first-order valence-corrected chi connectivity index (χ1v) is 4.53. The van der Waals surface area contributed by atoms with Gasteiger partial charge in [-0.1, -0.05) is 0 Å². The number of hydrogen-bond donors (Lipinski definition) is 1. The third-order valence-electron chi connectivity index (χ3n) is 1.40. The Labute approximate surface area is 83.6 Å². The van der Waals surface area contributed by atoms with Crippen molar-refractivity contribution in [1.82, 2.24) is 0 Å². The van der Waals surface area contributed by atoms with Gasteiger partial charge in [0.1, 0.15) is 0 Å². The van der Waals surface area contributed by atoms with Crippen LogP contribution in [-0.2, 0) is 9.53 Å². The zero-order valence-corrected chi connectivity index (χ0v) is 8.58. The van der Waals surface area contributed by atoms with Crippen molar-refractivity contribution in [2.75, 3.05) is 6.61 Å². The maximum absolute atomic E-state index is 11.0. The number of halogens is 1. The van der Waals surface area contributed by atoms with E-state index in [4.69, 9.17) is 4.42 Å². The number of carbonyl (C=O) groups excluding carboxylic acids is 1. The Bertz CT molecular complexity index is 294. The summed E-state index contributed by atoms with van der Waals surface area (Å²) in [5.74, 6) is -0.545. The molecule has 0 amide bonds. The van der Waals surface area contributed by atoms with Gasteiger partial charge in [-0.3, -0.25) is 0 Å². The Morgan fingerprint density at radius 3 is 3.00 bits per heavy atom. The van der Waals surface area contributed by atoms with Crippen molar-refractivity contribution >= 4 is 21.9 Å². The highest BCUT2D eigenvalue weighted by Crippen LogP contribution is 2.25. The van der Waals surface area contributed by atoms with Gasteiger partial charge in [0, 0.05) is 0 Å². The summed E-state index contributed by atoms with van der Waals surface area (Å²) in [7, 11) is 0. The fourth-order valence-electron chi connectivity index (χ4n) is 0.829. The van der Waals surface area contributed by atoms with E-state index in [2.05, 4.69) is 20.7 Å². The lowest BCUT2D eigenvalue weighted by molar-refractivity contribution is -0.154. The molecule has 72 valence electrons. The van der Waals surface area contributed by atoms with Crippen LogP contribution in [0.3, 0.4) is 0 Å². The minimum absolute atomic E-state index is 0.165. The molecule has 5 heteroatoms. The first-order valence-electron chi connectivity index (χ1n) is 3.74. The van der Waals surface area contributed by atoms with Crippen LogP contribution < -0.4 is 0 Å². The maximum atomic E-state index is 11.0. The van der Waals surface area contributed by atoms with Crippen molar-refractivity contribution in [3.8, 4) is 0 Å². The van der Waals surface area contributed by atoms with Crippen molar-refractivity contribution in [2.45, 2.75) is 13.0 Å². The lowest BCUT2D eigenvalue weighted by Crippen LogP contribution is -2.15. The largest absolute Gasteiger partial charge is 0.465 e. The van der Waals surface area contributed by atoms with E-state index < -0.39 is 12.1 Å². The van der Waals surface area contributed by atoms with Crippen LogP contribution in [0.5, 0.6) is 0 Å². The number of furan rings is 1. The molecule has 1 unspecified atom stereocenters. The number of hydrogen-bond acceptors (Lipinski definition) is 4. The minimum atomic E-state index is -1.36. The molecule has 0 fully saturated rings. The molecule has 1 aromatic rings. The quantitative estimate of drug-likeness (QED) is 0.827. The van der Waals surface area contributed by atoms with E-state index in [-0.39, 0.29) is 12.4 Å². The van der Waals surface area contributed by atoms with Gasteiger partial charge < -0.3 is 14.3 Å². The molecule has 0 saturated carbocycles. The van der Waals surface area contributed by atoms with Crippen molar-refractivity contribution in [1.29, 1.82) is 0 Å². The molecule has 0 aliphatic rings. The number of rotatable bonds is 3. The van der Waals surface area contributed by atoms with Gasteiger partial charge in [-0.05, 0) is 28.9 Å². The summed E-state index contributed by atoms with van der Waals surface area (Å²) >= 11 is 3.12. The van der Waals surface area contributed by atoms with Gasteiger partial charge in [-0.25, -0.2) is 4.79 Å². The number of esters is 1. The summed E-state index contributed by atoms with van der Waals surface area (Å²) in [6.45, 7) is 1.90. The smallest absolute Gasteiger partial charge is 0.343 e. The van der Waals surface area contributed by atoms with Gasteiger partial charge >= 0.3 is 5.97 Å². The molecule has 0 aliphatic carbocycles. The van der Waals surface area contributed by atoms with Crippen LogP contribution in [0.2, 0.25) is 0 Å². The van der Waals surface area contributed by atoms with Gasteiger partial charge in [0.25, 0.3) is 0 Å². The molecular formula is C8H9BrO4. The SMILES string of the molecule is CCOC(=O)C(O)c1occc1Br. The van der Waals surface area contributed by atoms with Gasteiger partial charge in [-0.2, -0.15) is 0 Å². The zero-order chi connectivity index (χ0) is 9.84. The Kier molecular flexibility index (Phi) is 3.50. The van der Waals surface area contributed by atoms with Crippen molar-refractivity contribution < 1.29 is 19.1 Å². The van der Waals surface area contributed by atoms with Gasteiger partial charge in [-0.15, -0.1) is 0 Å². The van der Waals surface area contributed by atoms with E-state index in [1.165, 1.54) is 6.26 Å². The van der Waals surface area contributed by atoms with Crippen LogP contribution in [0.25, 0.3) is 0 Å². The van der Waals surface area contributed by atoms with Crippen LogP contribution in [-0.4, -0.2) is 17.7 Å². The highest BCUT2D eigenvalue weighted by atomic mass is 79.9. The predicted molar refractivity (Wildman–Crippen MR) is 48.0 cm³/mol. The van der Waals surface area contributed by atoms with E-state index in [1.54, 1.807) is 13.0 Å². The predicted octanol–water partition coefficient (Wildman–Crippen LogP) is 1.64. The van der Waals surface area contributed by atoms with Gasteiger partial charge in [0.2, 0.25) is 6.10 Å². The number of aliphatic hydroxyl groups excluding tert-OH is 1. The average molecular weight is 249 g/mol. The van der Waals surface area contributed by atoms with E-state index in [9.17, 15) is 9.90 Å². The molecule has 13 heavy (non-hydrogen) atoms. The summed E-state index contributed by atoms with van der Waals surface area (Å²) < 4.78 is 10.1. The fraction of sp³-hybridized carbons (Fsp3) is 0.375. The molecule has 0 bridgehead atoms. The molecule has 1 aromatic heterocycles. The standard InChI is InChI=1S/C8H9BrO4/c1-2-12-8(11)6(10)7-5(9)3-4-13-7/h3-4,6,10H,2H2,1H3. The second-order valence-electron chi connectivity index (χ2n) is 2.29. The Balaban J connectivity index is 2.73. The molecule has 0 spiro atoms. The third-order valence-corrected chi connectivity index (χ3v) is 2.06. The van der Waals surface area contributed by atoms with E-state index in [0.717, 1.165) is 0 Å². The minimum Gasteiger partial charge on any atom is -0.465 e. The van der Waals surface area contributed by atoms with E-state index in [1.807, 2.05) is 0 Å². The molecule has 0 radical (unpaired) electrons. The molecule has 0 saturated heterocycles. The summed E-state index contributed by atoms with van der Waals surface area (Å²) in [5.41, 5.74) is 0. The summed E-state index contributed by atoms with van der Waals surface area (Å²) in [6, 6.07) is 1.60. The Morgan fingerprint density at radius 2 is 2.54 bits per heavy atom. The van der Waals surface area contributed by atoms with Crippen LogP contribution in [0.4, 0.5) is 0 Å². The molecule has 1 atom stereocenters. The highest BCUT2D eigenvalue weighted by molar-refractivity contribution is 9.10. The molecule has 1 heterocycles. The van der Waals surface area contributed by atoms with E-state index in [0.29, 0.717) is 4.47 Å². The maximum Gasteiger partial charge on any atom is 0.343 e. The normalized spacial score (nSPS) is 12.5. The number of ether oxygens (including phenoxy) is 1. The first kappa shape index (κ1) is 10.3. The average Bonchev–Trinajstić information content (AvgIpc) is 2.50. The Hall–Kier alpha value is -0.810. The molecular weight excluding hydrogens is 240 g/mol. The summed E-state index contributed by atoms with van der Waals surface area (Å²) in [5, 5.41) is 9.39. The lowest BCUT2D eigenvalue weighted by Gasteiger charge is -2.06. The third kappa shape index (κ3) is 2.32. The topological polar surface area (TPSA) is 59.7 Å². The van der Waals surface area contributed by atoms with Gasteiger partial charge in [0.05, 0.1) is 17.3 Å². The number of carbonyl (C=O) groups is 1. The van der Waals surface area contributed by atoms with Crippen molar-refractivity contribution in [3.05, 3.63) is 22.6 Å². The van der Waals surface area contributed by atoms with Crippen LogP contribution in [0, 0.1) is 0 Å². The van der Waals surface area contributed by atoms with Crippen molar-refractivity contribution in [2.24, 2.45) is 0 Å². The van der Waals surface area contributed by atoms with Crippen molar-refractivity contribution in [3.63, 3.8) is 0 Å². The molecule has 0 aromatic carbocycles. The second kappa shape index (κ2) is 4.43. The highest BCUT2D eigenvalue weighted by Gasteiger charge is 2.23. The molecule has 1 rings (SSSR count). The van der Waals surface area contributed by atoms with E-state index >= 15 is 0 Å². The molecule has 1 N–H and O–H groups in total. The zero-order valence-electron chi connectivity index (χ0n) is 6.99.